The summed E-state index contributed by atoms with van der Waals surface area (Å²) in [5.74, 6) is 0.854. The summed E-state index contributed by atoms with van der Waals surface area (Å²) in [7, 11) is 0. The molecule has 0 amide bonds. The Balaban J connectivity index is 2.59. The lowest BCUT2D eigenvalue weighted by molar-refractivity contribution is -0.499. The van der Waals surface area contributed by atoms with E-state index in [9.17, 15) is 0 Å². The topological polar surface area (TPSA) is 61.2 Å². The van der Waals surface area contributed by atoms with Crippen molar-refractivity contribution in [2.45, 2.75) is 13.3 Å². The van der Waals surface area contributed by atoms with Gasteiger partial charge in [0.25, 0.3) is 0 Å². The zero-order valence-electron chi connectivity index (χ0n) is 9.19. The van der Waals surface area contributed by atoms with Crippen LogP contribution in [0.25, 0.3) is 0 Å². The van der Waals surface area contributed by atoms with Crippen LogP contribution in [0, 0.1) is 0 Å². The van der Waals surface area contributed by atoms with Crippen LogP contribution in [0.15, 0.2) is 24.3 Å². The number of benzene rings is 1. The fraction of sp³-hybridized carbons (Fsp3) is 0.273. The molecule has 1 rings (SSSR count). The van der Waals surface area contributed by atoms with Gasteiger partial charge in [0.15, 0.2) is 6.21 Å². The molecule has 0 unspecified atom stereocenters. The molecular formula is C11H16N3OS+. The molecule has 0 saturated heterocycles. The lowest BCUT2D eigenvalue weighted by Gasteiger charge is -2.03. The van der Waals surface area contributed by atoms with Crippen LogP contribution in [0.4, 0.5) is 0 Å². The van der Waals surface area contributed by atoms with Gasteiger partial charge < -0.3 is 10.5 Å². The number of thiocarbonyl (C=S) groups is 1. The van der Waals surface area contributed by atoms with E-state index in [2.05, 4.69) is 29.7 Å². The second-order valence-electron chi connectivity index (χ2n) is 3.20. The summed E-state index contributed by atoms with van der Waals surface area (Å²) in [6.45, 7) is 2.80. The van der Waals surface area contributed by atoms with Crippen LogP contribution in [0.5, 0.6) is 5.75 Å². The molecule has 0 aliphatic rings. The number of rotatable bonds is 5. The molecule has 86 valence electrons. The highest BCUT2D eigenvalue weighted by Gasteiger charge is 1.96. The lowest BCUT2D eigenvalue weighted by Crippen LogP contribution is -2.82. The lowest BCUT2D eigenvalue weighted by atomic mass is 10.2. The number of hydrogen-bond acceptors (Lipinski definition) is 2. The van der Waals surface area contributed by atoms with Gasteiger partial charge in [-0.2, -0.15) is 0 Å². The Morgan fingerprint density at radius 3 is 3.12 bits per heavy atom. The minimum Gasteiger partial charge on any atom is -0.494 e. The Labute approximate surface area is 100 Å². The van der Waals surface area contributed by atoms with E-state index in [1.807, 2.05) is 24.3 Å². The second kappa shape index (κ2) is 6.79. The molecule has 0 spiro atoms. The molecule has 0 aromatic heterocycles. The van der Waals surface area contributed by atoms with Crippen LogP contribution >= 0.6 is 12.2 Å². The maximum Gasteiger partial charge on any atom is 0.221 e. The van der Waals surface area contributed by atoms with Crippen molar-refractivity contribution in [2.75, 3.05) is 6.61 Å². The van der Waals surface area contributed by atoms with Crippen LogP contribution in [0.3, 0.4) is 0 Å². The van der Waals surface area contributed by atoms with E-state index in [-0.39, 0.29) is 5.11 Å². The van der Waals surface area contributed by atoms with Crippen molar-refractivity contribution in [3.63, 3.8) is 0 Å². The van der Waals surface area contributed by atoms with Crippen molar-refractivity contribution in [1.82, 2.24) is 5.43 Å². The average molecular weight is 238 g/mol. The summed E-state index contributed by atoms with van der Waals surface area (Å²) in [5.41, 5.74) is 8.87. The smallest absolute Gasteiger partial charge is 0.221 e. The molecule has 5 heteroatoms. The standard InChI is InChI=1S/C11H15N3OS/c1-2-6-15-10-5-3-4-9(7-10)8-13-14-11(12)16/h3-5,7-8H,2,6H2,1H3,(H3,12,14,16)/p+1. The first-order valence-corrected chi connectivity index (χ1v) is 5.50. The summed E-state index contributed by atoms with van der Waals surface area (Å²) in [6, 6.07) is 7.74. The van der Waals surface area contributed by atoms with Gasteiger partial charge >= 0.3 is 0 Å². The highest BCUT2D eigenvalue weighted by atomic mass is 32.1. The molecular weight excluding hydrogens is 222 g/mol. The van der Waals surface area contributed by atoms with Crippen LogP contribution in [0.2, 0.25) is 0 Å². The van der Waals surface area contributed by atoms with Crippen molar-refractivity contribution in [1.29, 1.82) is 0 Å². The molecule has 1 aromatic carbocycles. The molecule has 0 aliphatic carbocycles. The Bertz CT molecular complexity index is 379. The summed E-state index contributed by atoms with van der Waals surface area (Å²) >= 11 is 4.65. The summed E-state index contributed by atoms with van der Waals surface area (Å²) in [4.78, 5) is 0. The highest BCUT2D eigenvalue weighted by Crippen LogP contribution is 2.11. The third kappa shape index (κ3) is 4.75. The van der Waals surface area contributed by atoms with E-state index < -0.39 is 0 Å². The van der Waals surface area contributed by atoms with Crippen molar-refractivity contribution in [2.24, 2.45) is 5.73 Å². The number of hydrazone groups is 1. The Kier molecular flexibility index (Phi) is 5.28. The van der Waals surface area contributed by atoms with Gasteiger partial charge in [-0.1, -0.05) is 13.0 Å². The molecule has 0 heterocycles. The van der Waals surface area contributed by atoms with Crippen LogP contribution in [-0.4, -0.2) is 17.9 Å². The predicted octanol–water partition coefficient (Wildman–Crippen LogP) is -0.277. The van der Waals surface area contributed by atoms with Gasteiger partial charge in [-0.25, -0.2) is 0 Å². The first kappa shape index (κ1) is 12.4. The van der Waals surface area contributed by atoms with E-state index in [4.69, 9.17) is 10.5 Å². The van der Waals surface area contributed by atoms with Gasteiger partial charge in [0.2, 0.25) is 5.11 Å². The summed E-state index contributed by atoms with van der Waals surface area (Å²) in [6.07, 6.45) is 2.76. The molecule has 0 bridgehead atoms. The van der Waals surface area contributed by atoms with Crippen molar-refractivity contribution in [3.8, 4) is 5.75 Å². The van der Waals surface area contributed by atoms with Gasteiger partial charge in [-0.05, 0) is 36.8 Å². The van der Waals surface area contributed by atoms with Crippen LogP contribution < -0.4 is 21.0 Å². The second-order valence-corrected chi connectivity index (χ2v) is 3.64. The number of hydrazine groups is 1. The van der Waals surface area contributed by atoms with Crippen LogP contribution in [-0.2, 0) is 0 Å². The average Bonchev–Trinajstić information content (AvgIpc) is 2.26. The molecule has 0 saturated carbocycles. The van der Waals surface area contributed by atoms with E-state index in [1.54, 1.807) is 6.21 Å². The fourth-order valence-corrected chi connectivity index (χ4v) is 1.16. The fourth-order valence-electron chi connectivity index (χ4n) is 1.10. The molecule has 4 nitrogen and oxygen atoms in total. The highest BCUT2D eigenvalue weighted by molar-refractivity contribution is 7.80. The van der Waals surface area contributed by atoms with E-state index >= 15 is 0 Å². The normalized spacial score (nSPS) is 10.3. The van der Waals surface area contributed by atoms with E-state index in [1.165, 1.54) is 0 Å². The zero-order valence-corrected chi connectivity index (χ0v) is 10.0. The molecule has 0 aliphatic heterocycles. The first-order chi connectivity index (χ1) is 7.72. The monoisotopic (exact) mass is 238 g/mol. The SMILES string of the molecule is CCCOc1cccc(C=[NH+]NC(N)=S)c1. The van der Waals surface area contributed by atoms with Crippen molar-refractivity contribution in [3.05, 3.63) is 29.8 Å². The molecule has 0 radical (unpaired) electrons. The molecule has 0 fully saturated rings. The number of nitrogens with one attached hydrogen (secondary N) is 2. The number of nitrogens with two attached hydrogens (primary N) is 1. The summed E-state index contributed by atoms with van der Waals surface area (Å²) < 4.78 is 5.50. The third-order valence-corrected chi connectivity index (χ3v) is 1.87. The largest absolute Gasteiger partial charge is 0.494 e. The maximum absolute atomic E-state index is 5.50. The van der Waals surface area contributed by atoms with E-state index in [0.717, 1.165) is 24.3 Å². The summed E-state index contributed by atoms with van der Waals surface area (Å²) in [5, 5.41) is 2.99. The maximum atomic E-state index is 5.50. The molecule has 4 N–H and O–H groups in total. The minimum absolute atomic E-state index is 0.203. The predicted molar refractivity (Wildman–Crippen MR) is 68.3 cm³/mol. The third-order valence-electron chi connectivity index (χ3n) is 1.77. The van der Waals surface area contributed by atoms with Crippen molar-refractivity contribution < 1.29 is 9.84 Å². The van der Waals surface area contributed by atoms with Gasteiger partial charge in [0, 0.05) is 5.56 Å². The van der Waals surface area contributed by atoms with Gasteiger partial charge in [-0.15, -0.1) is 10.5 Å². The Morgan fingerprint density at radius 1 is 1.62 bits per heavy atom. The molecule has 16 heavy (non-hydrogen) atoms. The number of ether oxygens (including phenoxy) is 1. The first-order valence-electron chi connectivity index (χ1n) is 5.09. The minimum atomic E-state index is 0.203. The van der Waals surface area contributed by atoms with Gasteiger partial charge in [-0.3, -0.25) is 0 Å². The van der Waals surface area contributed by atoms with Gasteiger partial charge in [0.1, 0.15) is 5.75 Å². The van der Waals surface area contributed by atoms with Gasteiger partial charge in [0.05, 0.1) is 6.61 Å². The quantitative estimate of drug-likeness (QED) is 0.375. The molecule has 0 atom stereocenters. The zero-order chi connectivity index (χ0) is 11.8. The molecule has 1 aromatic rings. The number of hydrogen-bond donors (Lipinski definition) is 3. The Hall–Kier alpha value is -1.62. The Morgan fingerprint density at radius 2 is 2.44 bits per heavy atom. The van der Waals surface area contributed by atoms with Crippen LogP contribution in [0.1, 0.15) is 18.9 Å². The van der Waals surface area contributed by atoms with Crippen molar-refractivity contribution >= 4 is 23.5 Å². The van der Waals surface area contributed by atoms with E-state index in [0.29, 0.717) is 0 Å².